The molecule has 1 heterocycles. The van der Waals surface area contributed by atoms with Crippen LogP contribution >= 0.6 is 0 Å². The molecule has 3 rings (SSSR count). The number of anilines is 3. The zero-order valence-electron chi connectivity index (χ0n) is 15.9. The van der Waals surface area contributed by atoms with Gasteiger partial charge in [0.15, 0.2) is 0 Å². The van der Waals surface area contributed by atoms with E-state index in [-0.39, 0.29) is 24.9 Å². The van der Waals surface area contributed by atoms with Gasteiger partial charge in [-0.2, -0.15) is 0 Å². The van der Waals surface area contributed by atoms with E-state index in [1.165, 1.54) is 7.11 Å². The van der Waals surface area contributed by atoms with Gasteiger partial charge in [0.25, 0.3) is 0 Å². The first kappa shape index (κ1) is 19.9. The first-order valence-electron chi connectivity index (χ1n) is 9.03. The number of amides is 1. The molecular weight excluding hydrogens is 370 g/mol. The van der Waals surface area contributed by atoms with Crippen molar-refractivity contribution in [2.75, 3.05) is 24.4 Å². The fourth-order valence-corrected chi connectivity index (χ4v) is 2.50. The number of pyridine rings is 1. The lowest BCUT2D eigenvalue weighted by Gasteiger charge is -2.09. The maximum absolute atomic E-state index is 12.0. The molecule has 0 atom stereocenters. The predicted molar refractivity (Wildman–Crippen MR) is 110 cm³/mol. The zero-order valence-corrected chi connectivity index (χ0v) is 15.9. The summed E-state index contributed by atoms with van der Waals surface area (Å²) in [6.45, 7) is 0.289. The number of methoxy groups -OCH3 is 1. The summed E-state index contributed by atoms with van der Waals surface area (Å²) in [4.78, 5) is 27.7. The van der Waals surface area contributed by atoms with Crippen LogP contribution in [0.1, 0.15) is 16.8 Å². The van der Waals surface area contributed by atoms with Gasteiger partial charge in [-0.1, -0.05) is 18.2 Å². The second-order valence-electron chi connectivity index (χ2n) is 6.09. The van der Waals surface area contributed by atoms with Crippen molar-refractivity contribution in [2.45, 2.75) is 6.42 Å². The lowest BCUT2D eigenvalue weighted by molar-refractivity contribution is -0.116. The van der Waals surface area contributed by atoms with Crippen molar-refractivity contribution < 1.29 is 19.1 Å². The van der Waals surface area contributed by atoms with Crippen molar-refractivity contribution in [2.24, 2.45) is 0 Å². The Balaban J connectivity index is 1.47. The Bertz CT molecular complexity index is 942. The number of ether oxygens (including phenoxy) is 2. The monoisotopic (exact) mass is 391 g/mol. The summed E-state index contributed by atoms with van der Waals surface area (Å²) in [7, 11) is 1.34. The molecule has 1 aromatic heterocycles. The number of benzene rings is 2. The summed E-state index contributed by atoms with van der Waals surface area (Å²) >= 11 is 0. The van der Waals surface area contributed by atoms with Crippen LogP contribution in [0.2, 0.25) is 0 Å². The molecule has 0 radical (unpaired) electrons. The van der Waals surface area contributed by atoms with E-state index in [4.69, 9.17) is 4.74 Å². The van der Waals surface area contributed by atoms with E-state index in [9.17, 15) is 9.59 Å². The van der Waals surface area contributed by atoms with E-state index >= 15 is 0 Å². The van der Waals surface area contributed by atoms with Crippen LogP contribution in [0.25, 0.3) is 0 Å². The maximum Gasteiger partial charge on any atom is 0.337 e. The molecule has 0 unspecified atom stereocenters. The molecule has 0 aliphatic carbocycles. The van der Waals surface area contributed by atoms with Crippen molar-refractivity contribution in [3.8, 4) is 5.75 Å². The van der Waals surface area contributed by atoms with Crippen molar-refractivity contribution in [3.05, 3.63) is 78.5 Å². The highest BCUT2D eigenvalue weighted by Crippen LogP contribution is 2.18. The lowest BCUT2D eigenvalue weighted by atomic mass is 10.2. The van der Waals surface area contributed by atoms with Gasteiger partial charge in [0.1, 0.15) is 11.6 Å². The Hall–Kier alpha value is -3.87. The summed E-state index contributed by atoms with van der Waals surface area (Å²) in [6, 6.07) is 19.7. The molecule has 7 heteroatoms. The van der Waals surface area contributed by atoms with Crippen molar-refractivity contribution >= 4 is 29.1 Å². The standard InChI is InChI=1S/C22H21N3O4/c1-28-22(27)16-7-9-17(10-8-16)24-18-11-12-20(23-15-18)25-21(26)13-14-29-19-5-3-2-4-6-19/h2-12,15,24H,13-14H2,1H3,(H,23,25,26). The Morgan fingerprint density at radius 3 is 2.31 bits per heavy atom. The van der Waals surface area contributed by atoms with Crippen LogP contribution in [0.3, 0.4) is 0 Å². The minimum atomic E-state index is -0.382. The van der Waals surface area contributed by atoms with Gasteiger partial charge in [-0.25, -0.2) is 9.78 Å². The Morgan fingerprint density at radius 2 is 1.66 bits per heavy atom. The number of para-hydroxylation sites is 1. The van der Waals surface area contributed by atoms with Gasteiger partial charge in [0.05, 0.1) is 37.6 Å². The molecule has 2 aromatic carbocycles. The predicted octanol–water partition coefficient (Wildman–Crippen LogP) is 4.02. The number of nitrogens with zero attached hydrogens (tertiary/aromatic N) is 1. The highest BCUT2D eigenvalue weighted by molar-refractivity contribution is 5.90. The van der Waals surface area contributed by atoms with Crippen LogP contribution < -0.4 is 15.4 Å². The number of hydrogen-bond donors (Lipinski definition) is 2. The van der Waals surface area contributed by atoms with Crippen LogP contribution in [0.5, 0.6) is 5.75 Å². The highest BCUT2D eigenvalue weighted by Gasteiger charge is 2.06. The molecule has 0 saturated carbocycles. The van der Waals surface area contributed by atoms with Gasteiger partial charge >= 0.3 is 5.97 Å². The third kappa shape index (κ3) is 6.07. The summed E-state index contributed by atoms with van der Waals surface area (Å²) in [5, 5.41) is 5.91. The van der Waals surface area contributed by atoms with E-state index in [0.29, 0.717) is 11.4 Å². The second-order valence-corrected chi connectivity index (χ2v) is 6.09. The van der Waals surface area contributed by atoms with E-state index in [2.05, 4.69) is 20.4 Å². The van der Waals surface area contributed by atoms with Gasteiger partial charge in [-0.3, -0.25) is 4.79 Å². The fourth-order valence-electron chi connectivity index (χ4n) is 2.50. The molecular formula is C22H21N3O4. The van der Waals surface area contributed by atoms with Crippen LogP contribution in [0.4, 0.5) is 17.2 Å². The Kier molecular flexibility index (Phi) is 6.78. The fraction of sp³-hybridized carbons (Fsp3) is 0.136. The maximum atomic E-state index is 12.0. The summed E-state index contributed by atoms with van der Waals surface area (Å²) in [6.07, 6.45) is 1.84. The molecule has 0 aliphatic heterocycles. The molecule has 0 fully saturated rings. The van der Waals surface area contributed by atoms with Crippen LogP contribution in [0, 0.1) is 0 Å². The number of nitrogens with one attached hydrogen (secondary N) is 2. The van der Waals surface area contributed by atoms with Crippen LogP contribution in [0.15, 0.2) is 72.9 Å². The molecule has 2 N–H and O–H groups in total. The smallest absolute Gasteiger partial charge is 0.337 e. The van der Waals surface area contributed by atoms with E-state index in [1.807, 2.05) is 30.3 Å². The third-order valence-electron chi connectivity index (χ3n) is 3.97. The number of carbonyl (C=O) groups is 2. The van der Waals surface area contributed by atoms with E-state index in [1.54, 1.807) is 42.6 Å². The Morgan fingerprint density at radius 1 is 0.931 bits per heavy atom. The van der Waals surface area contributed by atoms with Crippen molar-refractivity contribution in [1.82, 2.24) is 4.98 Å². The zero-order chi connectivity index (χ0) is 20.5. The topological polar surface area (TPSA) is 89.6 Å². The van der Waals surface area contributed by atoms with Crippen molar-refractivity contribution in [1.29, 1.82) is 0 Å². The minimum Gasteiger partial charge on any atom is -0.493 e. The molecule has 7 nitrogen and oxygen atoms in total. The van der Waals surface area contributed by atoms with Gasteiger partial charge in [-0.05, 0) is 48.5 Å². The molecule has 3 aromatic rings. The Labute approximate surface area is 168 Å². The number of aromatic nitrogens is 1. The van der Waals surface area contributed by atoms with E-state index < -0.39 is 0 Å². The number of carbonyl (C=O) groups excluding carboxylic acids is 2. The van der Waals surface area contributed by atoms with E-state index in [0.717, 1.165) is 17.1 Å². The highest BCUT2D eigenvalue weighted by atomic mass is 16.5. The van der Waals surface area contributed by atoms with Crippen molar-refractivity contribution in [3.63, 3.8) is 0 Å². The molecule has 0 bridgehead atoms. The lowest BCUT2D eigenvalue weighted by Crippen LogP contribution is -2.15. The van der Waals surface area contributed by atoms with Gasteiger partial charge in [0.2, 0.25) is 5.91 Å². The number of esters is 1. The minimum absolute atomic E-state index is 0.174. The normalized spacial score (nSPS) is 10.1. The van der Waals surface area contributed by atoms with Gasteiger partial charge in [0, 0.05) is 5.69 Å². The molecule has 0 aliphatic rings. The molecule has 148 valence electrons. The quantitative estimate of drug-likeness (QED) is 0.564. The average molecular weight is 391 g/mol. The summed E-state index contributed by atoms with van der Waals surface area (Å²) in [5.74, 6) is 0.634. The second kappa shape index (κ2) is 9.89. The number of rotatable bonds is 8. The average Bonchev–Trinajstić information content (AvgIpc) is 2.76. The SMILES string of the molecule is COC(=O)c1ccc(Nc2ccc(NC(=O)CCOc3ccccc3)nc2)cc1. The molecule has 1 amide bonds. The van der Waals surface area contributed by atoms with Gasteiger partial charge in [-0.15, -0.1) is 0 Å². The molecule has 0 spiro atoms. The molecule has 29 heavy (non-hydrogen) atoms. The molecule has 0 saturated heterocycles. The van der Waals surface area contributed by atoms with Gasteiger partial charge < -0.3 is 20.1 Å². The largest absolute Gasteiger partial charge is 0.493 e. The first-order valence-corrected chi connectivity index (χ1v) is 9.03. The van der Waals surface area contributed by atoms with Crippen LogP contribution in [-0.4, -0.2) is 30.6 Å². The third-order valence-corrected chi connectivity index (χ3v) is 3.97. The summed E-state index contributed by atoms with van der Waals surface area (Å²) < 4.78 is 10.2. The number of hydrogen-bond acceptors (Lipinski definition) is 6. The first-order chi connectivity index (χ1) is 14.1. The van der Waals surface area contributed by atoms with Crippen LogP contribution in [-0.2, 0) is 9.53 Å². The summed E-state index contributed by atoms with van der Waals surface area (Å²) in [5.41, 5.74) is 2.03.